The SMILES string of the molecule is COC[I+][C@H](OC)[C@H](C)[C@@H](CCl)C(C/C=C(\C)C(=O)NC[C@@H]1NC=C(CN(CF)CF)N1)CNCCN. The second-order valence-corrected chi connectivity index (χ2v) is 12.0. The first-order valence-corrected chi connectivity index (χ1v) is 15.7. The zero-order valence-electron chi connectivity index (χ0n) is 22.4. The van der Waals surface area contributed by atoms with Crippen molar-refractivity contribution in [1.82, 2.24) is 26.2 Å². The number of nitrogens with zero attached hydrogens (tertiary/aromatic N) is 1. The summed E-state index contributed by atoms with van der Waals surface area (Å²) in [6.07, 6.45) is 4.07. The molecule has 0 saturated carbocycles. The van der Waals surface area contributed by atoms with Gasteiger partial charge in [-0.3, -0.25) is 4.79 Å². The van der Waals surface area contributed by atoms with Crippen LogP contribution in [0.5, 0.6) is 0 Å². The van der Waals surface area contributed by atoms with Gasteiger partial charge in [0.2, 0.25) is 10.5 Å². The molecule has 0 bridgehead atoms. The van der Waals surface area contributed by atoms with Gasteiger partial charge >= 0.3 is 21.2 Å². The van der Waals surface area contributed by atoms with Crippen LogP contribution >= 0.6 is 11.6 Å². The fourth-order valence-corrected chi connectivity index (χ4v) is 7.00. The number of alkyl halides is 5. The number of hydrogen-bond acceptors (Lipinski definition) is 8. The van der Waals surface area contributed by atoms with E-state index in [1.807, 2.05) is 6.08 Å². The zero-order valence-corrected chi connectivity index (χ0v) is 25.3. The highest BCUT2D eigenvalue weighted by molar-refractivity contribution is 6.18. The minimum absolute atomic E-state index is 0.125. The summed E-state index contributed by atoms with van der Waals surface area (Å²) in [5, 5.41) is 12.5. The van der Waals surface area contributed by atoms with E-state index < -0.39 is 13.6 Å². The van der Waals surface area contributed by atoms with Crippen LogP contribution in [0.4, 0.5) is 8.78 Å². The van der Waals surface area contributed by atoms with Crippen molar-refractivity contribution in [2.45, 2.75) is 30.5 Å². The average Bonchev–Trinajstić information content (AvgIpc) is 3.36. The van der Waals surface area contributed by atoms with Gasteiger partial charge in [0.05, 0.1) is 6.54 Å². The molecular formula is C24H45ClF2IN6O3+. The van der Waals surface area contributed by atoms with Gasteiger partial charge in [-0.05, 0) is 31.7 Å². The topological polar surface area (TPSA) is 113 Å². The number of halogens is 4. The maximum Gasteiger partial charge on any atom is 0.334 e. The number of methoxy groups -OCH3 is 2. The average molecular weight is 666 g/mol. The molecule has 0 aromatic carbocycles. The van der Waals surface area contributed by atoms with E-state index >= 15 is 0 Å². The number of rotatable bonds is 21. The summed E-state index contributed by atoms with van der Waals surface area (Å²) in [5.74, 6) is 0.943. The van der Waals surface area contributed by atoms with Gasteiger partial charge in [0.15, 0.2) is 0 Å². The van der Waals surface area contributed by atoms with E-state index in [4.69, 9.17) is 26.8 Å². The van der Waals surface area contributed by atoms with Crippen molar-refractivity contribution in [3.8, 4) is 0 Å². The van der Waals surface area contributed by atoms with E-state index in [0.717, 1.165) is 16.1 Å². The summed E-state index contributed by atoms with van der Waals surface area (Å²) in [6, 6.07) is 0. The van der Waals surface area contributed by atoms with Crippen molar-refractivity contribution in [3.63, 3.8) is 0 Å². The molecule has 9 nitrogen and oxygen atoms in total. The Bertz CT molecular complexity index is 705. The molecule has 5 atom stereocenters. The Kier molecular flexibility index (Phi) is 18.7. The molecule has 1 amide bonds. The van der Waals surface area contributed by atoms with Gasteiger partial charge in [-0.25, -0.2) is 13.7 Å². The highest BCUT2D eigenvalue weighted by Gasteiger charge is 2.38. The Morgan fingerprint density at radius 3 is 2.70 bits per heavy atom. The van der Waals surface area contributed by atoms with E-state index in [1.165, 1.54) is 0 Å². The number of ether oxygens (including phenoxy) is 2. The van der Waals surface area contributed by atoms with Gasteiger partial charge in [-0.15, -0.1) is 11.6 Å². The highest BCUT2D eigenvalue weighted by Crippen LogP contribution is 2.27. The zero-order chi connectivity index (χ0) is 27.6. The number of carbonyl (C=O) groups is 1. The predicted octanol–water partition coefficient (Wildman–Crippen LogP) is -1.72. The molecule has 1 rings (SSSR count). The Morgan fingerprint density at radius 2 is 2.11 bits per heavy atom. The lowest BCUT2D eigenvalue weighted by Crippen LogP contribution is -3.67. The van der Waals surface area contributed by atoms with Crippen LogP contribution in [0.2, 0.25) is 0 Å². The highest BCUT2D eigenvalue weighted by atomic mass is 127. The third-order valence-electron chi connectivity index (χ3n) is 6.25. The predicted molar refractivity (Wildman–Crippen MR) is 140 cm³/mol. The van der Waals surface area contributed by atoms with Crippen LogP contribution < -0.4 is 48.2 Å². The third-order valence-corrected chi connectivity index (χ3v) is 10.1. The van der Waals surface area contributed by atoms with E-state index in [0.29, 0.717) is 43.2 Å². The molecule has 1 unspecified atom stereocenters. The lowest BCUT2D eigenvalue weighted by molar-refractivity contribution is -0.757. The summed E-state index contributed by atoms with van der Waals surface area (Å²) in [7, 11) is 3.44. The number of nitrogens with one attached hydrogen (secondary N) is 4. The summed E-state index contributed by atoms with van der Waals surface area (Å²) in [6.45, 7) is 4.67. The van der Waals surface area contributed by atoms with Gasteiger partial charge in [-0.1, -0.05) is 13.0 Å². The molecule has 13 heteroatoms. The molecule has 0 aromatic rings. The summed E-state index contributed by atoms with van der Waals surface area (Å²) in [4.78, 5) is 13.7. The van der Waals surface area contributed by atoms with E-state index in [2.05, 4.69) is 28.2 Å². The van der Waals surface area contributed by atoms with Crippen LogP contribution in [-0.4, -0.2) is 92.1 Å². The molecule has 0 aromatic heterocycles. The molecule has 1 aliphatic heterocycles. The number of amides is 1. The van der Waals surface area contributed by atoms with Crippen LogP contribution in [0.25, 0.3) is 0 Å². The molecule has 6 N–H and O–H groups in total. The second-order valence-electron chi connectivity index (χ2n) is 9.00. The molecule has 1 aliphatic rings. The molecule has 0 spiro atoms. The van der Waals surface area contributed by atoms with Gasteiger partial charge in [0, 0.05) is 63.1 Å². The van der Waals surface area contributed by atoms with Gasteiger partial charge < -0.3 is 36.5 Å². The van der Waals surface area contributed by atoms with Crippen molar-refractivity contribution >= 4 is 17.5 Å². The van der Waals surface area contributed by atoms with E-state index in [-0.39, 0.29) is 61.7 Å². The number of nitrogens with two attached hydrogens (primary N) is 1. The normalized spacial score (nSPS) is 19.1. The Morgan fingerprint density at radius 1 is 1.38 bits per heavy atom. The third kappa shape index (κ3) is 12.8. The van der Waals surface area contributed by atoms with Crippen molar-refractivity contribution in [2.75, 3.05) is 71.0 Å². The maximum atomic E-state index is 12.7. The Hall–Kier alpha value is -0.770. The first-order valence-electron chi connectivity index (χ1n) is 12.4. The summed E-state index contributed by atoms with van der Waals surface area (Å²) >= 11 is 6.18. The van der Waals surface area contributed by atoms with Crippen molar-refractivity contribution in [2.24, 2.45) is 23.5 Å². The van der Waals surface area contributed by atoms with Crippen LogP contribution in [0.1, 0.15) is 20.3 Å². The molecular weight excluding hydrogens is 621 g/mol. The Labute approximate surface area is 235 Å². The van der Waals surface area contributed by atoms with Gasteiger partial charge in [0.1, 0.15) is 19.8 Å². The minimum atomic E-state index is -0.867. The monoisotopic (exact) mass is 665 g/mol. The number of allylic oxidation sites excluding steroid dienone is 1. The second kappa shape index (κ2) is 20.2. The molecule has 0 radical (unpaired) electrons. The maximum absolute atomic E-state index is 12.7. The van der Waals surface area contributed by atoms with Crippen LogP contribution in [0, 0.1) is 17.8 Å². The van der Waals surface area contributed by atoms with E-state index in [9.17, 15) is 13.6 Å². The lowest BCUT2D eigenvalue weighted by Gasteiger charge is -2.30. The molecule has 0 saturated heterocycles. The molecule has 37 heavy (non-hydrogen) atoms. The molecule has 0 aliphatic carbocycles. The van der Waals surface area contributed by atoms with E-state index in [1.54, 1.807) is 27.3 Å². The molecule has 1 heterocycles. The van der Waals surface area contributed by atoms with Crippen molar-refractivity contribution in [1.29, 1.82) is 0 Å². The quantitative estimate of drug-likeness (QED) is 0.0324. The number of hydrogen-bond donors (Lipinski definition) is 5. The molecule has 216 valence electrons. The fraction of sp³-hybridized carbons (Fsp3) is 0.792. The smallest absolute Gasteiger partial charge is 0.334 e. The minimum Gasteiger partial charge on any atom is -0.368 e. The van der Waals surface area contributed by atoms with Crippen molar-refractivity contribution < 1.29 is 44.3 Å². The van der Waals surface area contributed by atoms with Crippen LogP contribution in [0.3, 0.4) is 0 Å². The fourth-order valence-electron chi connectivity index (χ4n) is 4.05. The van der Waals surface area contributed by atoms with Gasteiger partial charge in [-0.2, -0.15) is 0 Å². The largest absolute Gasteiger partial charge is 0.368 e. The van der Waals surface area contributed by atoms with Crippen molar-refractivity contribution in [3.05, 3.63) is 23.5 Å². The summed E-state index contributed by atoms with van der Waals surface area (Å²) in [5.41, 5.74) is 6.95. The number of carbonyl (C=O) groups excluding carboxylic acids is 1. The van der Waals surface area contributed by atoms with Crippen LogP contribution in [0.15, 0.2) is 23.5 Å². The van der Waals surface area contributed by atoms with Gasteiger partial charge in [0.25, 0.3) is 4.11 Å². The standard InChI is InChI=1S/C24H44ClF2IN6O3/c1-17(24(35)32-12-22-31-11-20(33-22)13-34(14-26)15-27)5-6-19(10-30-8-7-29)21(9-25)18(2)23(37-4)28-16-36-3/h5,11,18-19,21-23,30-31,33H,6-10,12-16,29H2,1-4H3/p+1/b17-5+/t18-,19?,21-,22-,23-/m1/s1. The Balaban J connectivity index is 2.71. The first-order chi connectivity index (χ1) is 17.8. The lowest BCUT2D eigenvalue weighted by atomic mass is 9.81. The summed E-state index contributed by atoms with van der Waals surface area (Å²) < 4.78 is 37.3. The van der Waals surface area contributed by atoms with Crippen LogP contribution in [-0.2, 0) is 14.3 Å². The molecule has 0 fully saturated rings. The first kappa shape index (κ1) is 34.3.